The average molecular weight is 361 g/mol. The number of aromatic nitrogens is 2. The van der Waals surface area contributed by atoms with Gasteiger partial charge in [-0.3, -0.25) is 0 Å². The lowest BCUT2D eigenvalue weighted by atomic mass is 9.70. The van der Waals surface area contributed by atoms with E-state index in [1.807, 2.05) is 10.9 Å². The summed E-state index contributed by atoms with van der Waals surface area (Å²) in [5.74, 6) is 2.46. The summed E-state index contributed by atoms with van der Waals surface area (Å²) in [5.41, 5.74) is 6.47. The molecule has 18 heavy (non-hydrogen) atoms. The van der Waals surface area contributed by atoms with E-state index in [4.69, 9.17) is 5.73 Å². The second kappa shape index (κ2) is 5.39. The van der Waals surface area contributed by atoms with Crippen molar-refractivity contribution >= 4 is 28.4 Å². The van der Waals surface area contributed by atoms with E-state index in [0.29, 0.717) is 5.41 Å². The SMILES string of the molecule is CC(C)(C)C1CCC(Cn2ncc(I)c2N)CC1. The van der Waals surface area contributed by atoms with Crippen molar-refractivity contribution in [1.29, 1.82) is 0 Å². The molecule has 0 spiro atoms. The third-order valence-electron chi connectivity index (χ3n) is 4.34. The van der Waals surface area contributed by atoms with Crippen LogP contribution in [0.3, 0.4) is 0 Å². The Morgan fingerprint density at radius 3 is 2.39 bits per heavy atom. The zero-order valence-electron chi connectivity index (χ0n) is 11.6. The van der Waals surface area contributed by atoms with Crippen molar-refractivity contribution in [3.05, 3.63) is 9.77 Å². The standard InChI is InChI=1S/C14H24IN3/c1-14(2,3)11-6-4-10(5-7-11)9-18-13(16)12(15)8-17-18/h8,10-11H,4-7,9,16H2,1-3H3. The van der Waals surface area contributed by atoms with Gasteiger partial charge < -0.3 is 5.73 Å². The van der Waals surface area contributed by atoms with Crippen LogP contribution in [0.5, 0.6) is 0 Å². The van der Waals surface area contributed by atoms with Gasteiger partial charge in [0.05, 0.1) is 9.77 Å². The first-order chi connectivity index (χ1) is 8.38. The number of nitrogens with two attached hydrogens (primary N) is 1. The van der Waals surface area contributed by atoms with Crippen LogP contribution in [0.2, 0.25) is 0 Å². The van der Waals surface area contributed by atoms with Gasteiger partial charge in [-0.25, -0.2) is 4.68 Å². The molecule has 0 bridgehead atoms. The second-order valence-corrected chi connectivity index (χ2v) is 7.81. The third kappa shape index (κ3) is 3.19. The molecule has 0 unspecified atom stereocenters. The van der Waals surface area contributed by atoms with Gasteiger partial charge in [-0.1, -0.05) is 20.8 Å². The monoisotopic (exact) mass is 361 g/mol. The number of hydrogen-bond donors (Lipinski definition) is 1. The molecule has 1 aliphatic rings. The van der Waals surface area contributed by atoms with E-state index in [9.17, 15) is 0 Å². The fourth-order valence-corrected chi connectivity index (χ4v) is 3.38. The van der Waals surface area contributed by atoms with Crippen LogP contribution in [0.15, 0.2) is 6.20 Å². The Hall–Kier alpha value is -0.260. The number of anilines is 1. The molecule has 1 fully saturated rings. The highest BCUT2D eigenvalue weighted by molar-refractivity contribution is 14.1. The van der Waals surface area contributed by atoms with Gasteiger partial charge in [-0.15, -0.1) is 0 Å². The molecule has 0 amide bonds. The Kier molecular flexibility index (Phi) is 4.24. The smallest absolute Gasteiger partial charge is 0.135 e. The maximum atomic E-state index is 6.01. The summed E-state index contributed by atoms with van der Waals surface area (Å²) in [7, 11) is 0. The van der Waals surface area contributed by atoms with E-state index in [1.54, 1.807) is 0 Å². The second-order valence-electron chi connectivity index (χ2n) is 6.64. The maximum absolute atomic E-state index is 6.01. The van der Waals surface area contributed by atoms with Crippen molar-refractivity contribution < 1.29 is 0 Å². The molecule has 3 nitrogen and oxygen atoms in total. The molecular weight excluding hydrogens is 337 g/mol. The van der Waals surface area contributed by atoms with E-state index in [1.165, 1.54) is 25.7 Å². The normalized spacial score (nSPS) is 25.3. The Morgan fingerprint density at radius 1 is 1.33 bits per heavy atom. The fourth-order valence-electron chi connectivity index (χ4n) is 2.97. The molecule has 2 rings (SSSR count). The molecule has 0 aromatic carbocycles. The predicted octanol–water partition coefficient (Wildman–Crippen LogP) is 3.92. The fraction of sp³-hybridized carbons (Fsp3) is 0.786. The summed E-state index contributed by atoms with van der Waals surface area (Å²) in [4.78, 5) is 0. The Balaban J connectivity index is 1.89. The van der Waals surface area contributed by atoms with Crippen LogP contribution >= 0.6 is 22.6 Å². The number of rotatable bonds is 2. The van der Waals surface area contributed by atoms with Crippen LogP contribution in [0.25, 0.3) is 0 Å². The highest BCUT2D eigenvalue weighted by Crippen LogP contribution is 2.40. The van der Waals surface area contributed by atoms with Gasteiger partial charge in [-0.2, -0.15) is 5.10 Å². The van der Waals surface area contributed by atoms with Gasteiger partial charge in [0.1, 0.15) is 5.82 Å². The summed E-state index contributed by atoms with van der Waals surface area (Å²) in [5, 5.41) is 4.36. The van der Waals surface area contributed by atoms with E-state index in [0.717, 1.165) is 27.8 Å². The molecule has 0 radical (unpaired) electrons. The van der Waals surface area contributed by atoms with Gasteiger partial charge >= 0.3 is 0 Å². The molecule has 4 heteroatoms. The Labute approximate surface area is 124 Å². The number of hydrogen-bond acceptors (Lipinski definition) is 2. The lowest BCUT2D eigenvalue weighted by Crippen LogP contribution is -2.27. The molecule has 1 heterocycles. The van der Waals surface area contributed by atoms with Crippen molar-refractivity contribution in [1.82, 2.24) is 9.78 Å². The third-order valence-corrected chi connectivity index (χ3v) is 5.17. The highest BCUT2D eigenvalue weighted by atomic mass is 127. The van der Waals surface area contributed by atoms with Crippen LogP contribution in [0, 0.1) is 20.8 Å². The van der Waals surface area contributed by atoms with Crippen LogP contribution in [0.4, 0.5) is 5.82 Å². The lowest BCUT2D eigenvalue weighted by Gasteiger charge is -2.37. The van der Waals surface area contributed by atoms with Crippen molar-refractivity contribution in [3.8, 4) is 0 Å². The van der Waals surface area contributed by atoms with Crippen molar-refractivity contribution in [2.75, 3.05) is 5.73 Å². The van der Waals surface area contributed by atoms with E-state index in [-0.39, 0.29) is 0 Å². The first-order valence-electron chi connectivity index (χ1n) is 6.84. The zero-order chi connectivity index (χ0) is 13.3. The zero-order valence-corrected chi connectivity index (χ0v) is 13.8. The lowest BCUT2D eigenvalue weighted by molar-refractivity contribution is 0.141. The summed E-state index contributed by atoms with van der Waals surface area (Å²) >= 11 is 2.24. The van der Waals surface area contributed by atoms with Gasteiger partial charge in [0.25, 0.3) is 0 Å². The van der Waals surface area contributed by atoms with Crippen LogP contribution in [-0.2, 0) is 6.54 Å². The summed E-state index contributed by atoms with van der Waals surface area (Å²) in [6.45, 7) is 8.09. The molecule has 1 aliphatic carbocycles. The predicted molar refractivity (Wildman–Crippen MR) is 84.3 cm³/mol. The molecule has 2 N–H and O–H groups in total. The van der Waals surface area contributed by atoms with Crippen LogP contribution in [-0.4, -0.2) is 9.78 Å². The molecule has 0 atom stereocenters. The number of nitrogen functional groups attached to an aromatic ring is 1. The number of halogens is 1. The van der Waals surface area contributed by atoms with Crippen molar-refractivity contribution in [3.63, 3.8) is 0 Å². The van der Waals surface area contributed by atoms with Gasteiger partial charge in [0, 0.05) is 6.54 Å². The molecule has 0 aliphatic heterocycles. The molecular formula is C14H24IN3. The van der Waals surface area contributed by atoms with Crippen LogP contribution in [0.1, 0.15) is 46.5 Å². The van der Waals surface area contributed by atoms with Gasteiger partial charge in [-0.05, 0) is 65.5 Å². The molecule has 1 saturated carbocycles. The topological polar surface area (TPSA) is 43.8 Å². The quantitative estimate of drug-likeness (QED) is 0.812. The van der Waals surface area contributed by atoms with E-state index in [2.05, 4.69) is 48.5 Å². The average Bonchev–Trinajstić information content (AvgIpc) is 2.61. The number of nitrogens with zero attached hydrogens (tertiary/aromatic N) is 2. The van der Waals surface area contributed by atoms with Crippen molar-refractivity contribution in [2.24, 2.45) is 17.3 Å². The van der Waals surface area contributed by atoms with E-state index >= 15 is 0 Å². The van der Waals surface area contributed by atoms with Gasteiger partial charge in [0.2, 0.25) is 0 Å². The Morgan fingerprint density at radius 2 is 1.94 bits per heavy atom. The van der Waals surface area contributed by atoms with Gasteiger partial charge in [0.15, 0.2) is 0 Å². The summed E-state index contributed by atoms with van der Waals surface area (Å²) < 4.78 is 3.04. The van der Waals surface area contributed by atoms with Crippen LogP contribution < -0.4 is 5.73 Å². The first-order valence-corrected chi connectivity index (χ1v) is 7.92. The highest BCUT2D eigenvalue weighted by Gasteiger charge is 2.29. The van der Waals surface area contributed by atoms with Crippen molar-refractivity contribution in [2.45, 2.75) is 53.0 Å². The minimum Gasteiger partial charge on any atom is -0.383 e. The molecule has 0 saturated heterocycles. The van der Waals surface area contributed by atoms with E-state index < -0.39 is 0 Å². The molecule has 1 aromatic heterocycles. The summed E-state index contributed by atoms with van der Waals surface area (Å²) in [6, 6.07) is 0. The minimum absolute atomic E-state index is 0.463. The summed E-state index contributed by atoms with van der Waals surface area (Å²) in [6.07, 6.45) is 7.20. The molecule has 1 aromatic rings. The molecule has 102 valence electrons. The minimum atomic E-state index is 0.463. The Bertz CT molecular complexity index is 398. The maximum Gasteiger partial charge on any atom is 0.135 e. The first kappa shape index (κ1) is 14.2. The largest absolute Gasteiger partial charge is 0.383 e.